The van der Waals surface area contributed by atoms with Gasteiger partial charge in [0, 0.05) is 11.1 Å². The largest absolute Gasteiger partial charge is 0.269 e. The Balaban J connectivity index is 0.000000149. The van der Waals surface area contributed by atoms with E-state index in [1.807, 2.05) is 44.2 Å². The highest BCUT2D eigenvalue weighted by molar-refractivity contribution is 7.09. The molecule has 2 aromatic heterocycles. The van der Waals surface area contributed by atoms with E-state index >= 15 is 0 Å². The minimum Gasteiger partial charge on any atom is -0.247 e. The van der Waals surface area contributed by atoms with Crippen molar-refractivity contribution in [1.29, 1.82) is 0 Å². The lowest BCUT2D eigenvalue weighted by molar-refractivity contribution is -0.716. The van der Waals surface area contributed by atoms with E-state index in [2.05, 4.69) is 25.8 Å². The number of benzene rings is 1. The van der Waals surface area contributed by atoms with Crippen LogP contribution in [0.15, 0.2) is 42.0 Å². The second-order valence-electron chi connectivity index (χ2n) is 3.62. The summed E-state index contributed by atoms with van der Waals surface area (Å²) in [7, 11) is 0. The maximum atomic E-state index is 4.13. The molecule has 18 heavy (non-hydrogen) atoms. The number of tetrazole rings is 1. The Morgan fingerprint density at radius 1 is 1.17 bits per heavy atom. The van der Waals surface area contributed by atoms with Crippen LogP contribution >= 0.6 is 11.3 Å². The van der Waals surface area contributed by atoms with Crippen molar-refractivity contribution in [3.05, 3.63) is 52.7 Å². The van der Waals surface area contributed by atoms with Gasteiger partial charge in [-0.3, -0.25) is 0 Å². The molecule has 0 saturated carbocycles. The molecule has 0 saturated heterocycles. The summed E-state index contributed by atoms with van der Waals surface area (Å²) in [5.74, 6) is 0. The SMILES string of the molecule is Cc1csc(C)n1.c1ccc(-[n+]2nnc[nH]2)cc1. The highest BCUT2D eigenvalue weighted by Crippen LogP contribution is 2.04. The summed E-state index contributed by atoms with van der Waals surface area (Å²) in [5.41, 5.74) is 2.10. The zero-order valence-corrected chi connectivity index (χ0v) is 11.1. The van der Waals surface area contributed by atoms with E-state index in [-0.39, 0.29) is 0 Å². The third-order valence-electron chi connectivity index (χ3n) is 2.11. The first-order valence-corrected chi connectivity index (χ1v) is 6.36. The van der Waals surface area contributed by atoms with Gasteiger partial charge in [-0.05, 0) is 30.8 Å². The van der Waals surface area contributed by atoms with Crippen molar-refractivity contribution in [3.8, 4) is 5.69 Å². The molecule has 1 aromatic carbocycles. The van der Waals surface area contributed by atoms with Gasteiger partial charge in [-0.1, -0.05) is 18.2 Å². The number of nitrogens with zero attached hydrogens (tertiary/aromatic N) is 4. The highest BCUT2D eigenvalue weighted by Gasteiger charge is 2.01. The van der Waals surface area contributed by atoms with Gasteiger partial charge in [0.15, 0.2) is 10.9 Å². The van der Waals surface area contributed by atoms with Gasteiger partial charge in [-0.2, -0.15) is 5.10 Å². The molecular weight excluding hydrogens is 246 g/mol. The first-order valence-electron chi connectivity index (χ1n) is 5.48. The number of nitrogens with one attached hydrogen (secondary N) is 1. The third kappa shape index (κ3) is 3.46. The minimum atomic E-state index is 0.977. The van der Waals surface area contributed by atoms with E-state index in [0.717, 1.165) is 16.4 Å². The Kier molecular flexibility index (Phi) is 4.14. The first-order chi connectivity index (χ1) is 8.75. The van der Waals surface area contributed by atoms with Crippen LogP contribution in [0, 0.1) is 13.8 Å². The third-order valence-corrected chi connectivity index (χ3v) is 3.00. The lowest BCUT2D eigenvalue weighted by atomic mass is 10.3. The van der Waals surface area contributed by atoms with E-state index in [0.29, 0.717) is 0 Å². The van der Waals surface area contributed by atoms with Crippen molar-refractivity contribution in [2.75, 3.05) is 0 Å². The molecule has 0 bridgehead atoms. The van der Waals surface area contributed by atoms with Gasteiger partial charge >= 0.3 is 0 Å². The molecule has 1 N–H and O–H groups in total. The first kappa shape index (κ1) is 12.4. The Bertz CT molecular complexity index is 557. The second-order valence-corrected chi connectivity index (χ2v) is 4.68. The topological polar surface area (TPSA) is 58.3 Å². The Morgan fingerprint density at radius 2 is 1.94 bits per heavy atom. The molecule has 6 heteroatoms. The molecule has 0 aliphatic rings. The molecule has 0 aliphatic carbocycles. The van der Waals surface area contributed by atoms with Crippen LogP contribution in [0.25, 0.3) is 5.69 Å². The summed E-state index contributed by atoms with van der Waals surface area (Å²) in [5, 5.41) is 13.5. The summed E-state index contributed by atoms with van der Waals surface area (Å²) in [6.07, 6.45) is 1.53. The normalized spacial score (nSPS) is 9.67. The smallest absolute Gasteiger partial charge is 0.247 e. The number of aromatic amines is 1. The van der Waals surface area contributed by atoms with Gasteiger partial charge in [0.2, 0.25) is 0 Å². The molecule has 0 spiro atoms. The summed E-state index contributed by atoms with van der Waals surface area (Å²) in [6, 6.07) is 9.76. The predicted molar refractivity (Wildman–Crippen MR) is 69.5 cm³/mol. The average Bonchev–Trinajstić information content (AvgIpc) is 3.03. The lowest BCUT2D eigenvalue weighted by Gasteiger charge is -1.87. The van der Waals surface area contributed by atoms with E-state index in [1.165, 1.54) is 6.33 Å². The van der Waals surface area contributed by atoms with Crippen LogP contribution < -0.4 is 4.80 Å². The predicted octanol–water partition coefficient (Wildman–Crippen LogP) is 1.84. The van der Waals surface area contributed by atoms with Crippen LogP contribution in [0.2, 0.25) is 0 Å². The standard InChI is InChI=1S/C7H6N4.C5H7NS/c1-2-4-7(5-3-1)11-9-6-8-10-11;1-4-3-7-5(2)6-4/h1-6H;3H,1-2H3/p+1. The van der Waals surface area contributed by atoms with Crippen LogP contribution in [-0.2, 0) is 0 Å². The number of hydrogen-bond acceptors (Lipinski definition) is 4. The molecule has 0 amide bonds. The van der Waals surface area contributed by atoms with Crippen molar-refractivity contribution in [2.24, 2.45) is 0 Å². The van der Waals surface area contributed by atoms with Crippen molar-refractivity contribution < 1.29 is 4.80 Å². The Hall–Kier alpha value is -2.08. The fourth-order valence-electron chi connectivity index (χ4n) is 1.35. The number of aryl methyl sites for hydroxylation is 2. The van der Waals surface area contributed by atoms with E-state index in [9.17, 15) is 0 Å². The van der Waals surface area contributed by atoms with Gasteiger partial charge < -0.3 is 0 Å². The number of para-hydroxylation sites is 1. The second kappa shape index (κ2) is 6.02. The van der Waals surface area contributed by atoms with Gasteiger partial charge in [0.05, 0.1) is 10.1 Å². The summed E-state index contributed by atoms with van der Waals surface area (Å²) >= 11 is 1.69. The van der Waals surface area contributed by atoms with Crippen LogP contribution in [0.3, 0.4) is 0 Å². The minimum absolute atomic E-state index is 0.977. The van der Waals surface area contributed by atoms with Crippen molar-refractivity contribution >= 4 is 11.3 Å². The van der Waals surface area contributed by atoms with Gasteiger partial charge in [0.1, 0.15) is 0 Å². The quantitative estimate of drug-likeness (QED) is 0.679. The monoisotopic (exact) mass is 260 g/mol. The van der Waals surface area contributed by atoms with Crippen LogP contribution in [-0.4, -0.2) is 20.4 Å². The maximum absolute atomic E-state index is 4.13. The number of hydrogen-bond donors (Lipinski definition) is 1. The summed E-state index contributed by atoms with van der Waals surface area (Å²) in [4.78, 5) is 5.73. The number of aromatic nitrogens is 5. The van der Waals surface area contributed by atoms with E-state index in [4.69, 9.17) is 0 Å². The van der Waals surface area contributed by atoms with Crippen LogP contribution in [0.4, 0.5) is 0 Å². The molecule has 3 aromatic rings. The van der Waals surface area contributed by atoms with E-state index < -0.39 is 0 Å². The van der Waals surface area contributed by atoms with Crippen molar-refractivity contribution in [3.63, 3.8) is 0 Å². The molecule has 0 unspecified atom stereocenters. The van der Waals surface area contributed by atoms with Crippen molar-refractivity contribution in [1.82, 2.24) is 20.4 Å². The van der Waals surface area contributed by atoms with Gasteiger partial charge in [0.25, 0.3) is 6.33 Å². The maximum Gasteiger partial charge on any atom is 0.269 e. The molecular formula is C12H14N5S+. The van der Waals surface area contributed by atoms with Crippen LogP contribution in [0.5, 0.6) is 0 Å². The molecule has 92 valence electrons. The van der Waals surface area contributed by atoms with Crippen LogP contribution in [0.1, 0.15) is 10.7 Å². The molecule has 0 atom stereocenters. The Morgan fingerprint density at radius 3 is 2.39 bits per heavy atom. The fraction of sp³-hybridized carbons (Fsp3) is 0.167. The van der Waals surface area contributed by atoms with Gasteiger partial charge in [-0.25, -0.2) is 4.98 Å². The fourth-order valence-corrected chi connectivity index (χ4v) is 1.94. The molecule has 3 rings (SSSR count). The van der Waals surface area contributed by atoms with E-state index in [1.54, 1.807) is 16.1 Å². The number of thiazole rings is 1. The average molecular weight is 260 g/mol. The number of rotatable bonds is 1. The highest BCUT2D eigenvalue weighted by atomic mass is 32.1. The number of H-pyrrole nitrogens is 1. The van der Waals surface area contributed by atoms with Gasteiger partial charge in [-0.15, -0.1) is 11.3 Å². The summed E-state index contributed by atoms with van der Waals surface area (Å²) < 4.78 is 0. The molecule has 0 fully saturated rings. The lowest BCUT2D eigenvalue weighted by Crippen LogP contribution is -2.35. The molecule has 5 nitrogen and oxygen atoms in total. The molecule has 0 aliphatic heterocycles. The zero-order valence-electron chi connectivity index (χ0n) is 10.2. The zero-order chi connectivity index (χ0) is 12.8. The molecule has 2 heterocycles. The summed E-state index contributed by atoms with van der Waals surface area (Å²) in [6.45, 7) is 4.02. The Labute approximate surface area is 109 Å². The molecule has 0 radical (unpaired) electrons. The van der Waals surface area contributed by atoms with Crippen molar-refractivity contribution in [2.45, 2.75) is 13.8 Å².